The van der Waals surface area contributed by atoms with Crippen LogP contribution in [0.2, 0.25) is 0 Å². The van der Waals surface area contributed by atoms with Gasteiger partial charge in [0.1, 0.15) is 5.75 Å². The minimum atomic E-state index is 0.0931. The molecule has 1 unspecified atom stereocenters. The number of benzene rings is 1. The molecule has 1 saturated heterocycles. The van der Waals surface area contributed by atoms with Gasteiger partial charge in [0.25, 0.3) is 0 Å². The molecule has 1 aliphatic rings. The molecule has 1 aliphatic heterocycles. The van der Waals surface area contributed by atoms with E-state index in [-0.39, 0.29) is 17.7 Å². The summed E-state index contributed by atoms with van der Waals surface area (Å²) >= 11 is 0. The van der Waals surface area contributed by atoms with Crippen molar-refractivity contribution in [1.82, 2.24) is 0 Å². The number of hydrogen-bond acceptors (Lipinski definition) is 3. The summed E-state index contributed by atoms with van der Waals surface area (Å²) in [5.41, 5.74) is 7.36. The molecule has 0 bridgehead atoms. The van der Waals surface area contributed by atoms with Crippen LogP contribution >= 0.6 is 0 Å². The van der Waals surface area contributed by atoms with Crippen LogP contribution < -0.4 is 15.4 Å². The Balaban J connectivity index is 2.33. The van der Waals surface area contributed by atoms with E-state index in [9.17, 15) is 0 Å². The largest absolute Gasteiger partial charge is 0.489 e. The molecule has 3 heteroatoms. The van der Waals surface area contributed by atoms with Gasteiger partial charge in [-0.2, -0.15) is 0 Å². The highest BCUT2D eigenvalue weighted by Crippen LogP contribution is 2.38. The molecule has 1 aromatic carbocycles. The third-order valence-corrected chi connectivity index (χ3v) is 3.43. The van der Waals surface area contributed by atoms with Gasteiger partial charge in [-0.15, -0.1) is 0 Å². The average Bonchev–Trinajstić information content (AvgIpc) is 2.52. The van der Waals surface area contributed by atoms with Crippen LogP contribution in [0.25, 0.3) is 0 Å². The highest BCUT2D eigenvalue weighted by Gasteiger charge is 2.37. The van der Waals surface area contributed by atoms with E-state index < -0.39 is 0 Å². The number of para-hydroxylation sites is 2. The minimum absolute atomic E-state index is 0.0931. The van der Waals surface area contributed by atoms with Crippen LogP contribution in [0.5, 0.6) is 5.75 Å². The van der Waals surface area contributed by atoms with Gasteiger partial charge in [-0.1, -0.05) is 12.1 Å². The van der Waals surface area contributed by atoms with Gasteiger partial charge in [0.05, 0.1) is 11.8 Å². The third kappa shape index (κ3) is 2.61. The highest BCUT2D eigenvalue weighted by molar-refractivity contribution is 5.61. The van der Waals surface area contributed by atoms with Gasteiger partial charge < -0.3 is 15.4 Å². The van der Waals surface area contributed by atoms with Gasteiger partial charge in [0.2, 0.25) is 0 Å². The van der Waals surface area contributed by atoms with Crippen molar-refractivity contribution in [3.05, 3.63) is 24.3 Å². The van der Waals surface area contributed by atoms with Gasteiger partial charge in [0.15, 0.2) is 0 Å². The lowest BCUT2D eigenvalue weighted by molar-refractivity contribution is 0.242. The van der Waals surface area contributed by atoms with Crippen LogP contribution in [-0.4, -0.2) is 24.2 Å². The van der Waals surface area contributed by atoms with Crippen LogP contribution in [-0.2, 0) is 0 Å². The summed E-state index contributed by atoms with van der Waals surface area (Å²) in [6.45, 7) is 9.48. The number of nitrogens with two attached hydrogens (primary N) is 1. The Morgan fingerprint density at radius 3 is 2.56 bits per heavy atom. The molecule has 0 amide bonds. The fourth-order valence-electron chi connectivity index (χ4n) is 2.76. The Labute approximate surface area is 110 Å². The summed E-state index contributed by atoms with van der Waals surface area (Å²) in [4.78, 5) is 2.37. The Bertz CT molecular complexity index is 415. The Kier molecular flexibility index (Phi) is 3.53. The highest BCUT2D eigenvalue weighted by atomic mass is 16.5. The lowest BCUT2D eigenvalue weighted by Gasteiger charge is -2.34. The van der Waals surface area contributed by atoms with E-state index in [0.717, 1.165) is 24.4 Å². The first-order valence-corrected chi connectivity index (χ1v) is 6.69. The van der Waals surface area contributed by atoms with Crippen molar-refractivity contribution >= 4 is 5.69 Å². The summed E-state index contributed by atoms with van der Waals surface area (Å²) in [5, 5.41) is 0. The topological polar surface area (TPSA) is 38.5 Å². The third-order valence-electron chi connectivity index (χ3n) is 3.43. The molecule has 3 nitrogen and oxygen atoms in total. The summed E-state index contributed by atoms with van der Waals surface area (Å²) < 4.78 is 5.90. The molecule has 0 aromatic heterocycles. The molecule has 0 aliphatic carbocycles. The second kappa shape index (κ2) is 4.81. The smallest absolute Gasteiger partial charge is 0.142 e. The molecule has 0 radical (unpaired) electrons. The molecule has 2 N–H and O–H groups in total. The maximum Gasteiger partial charge on any atom is 0.142 e. The second-order valence-electron chi connectivity index (χ2n) is 6.02. The van der Waals surface area contributed by atoms with Crippen molar-refractivity contribution in [3.8, 4) is 5.75 Å². The van der Waals surface area contributed by atoms with Crippen LogP contribution in [0.1, 0.15) is 34.1 Å². The molecule has 18 heavy (non-hydrogen) atoms. The van der Waals surface area contributed by atoms with E-state index in [1.807, 2.05) is 12.1 Å². The molecule has 1 atom stereocenters. The van der Waals surface area contributed by atoms with Crippen molar-refractivity contribution in [1.29, 1.82) is 0 Å². The van der Waals surface area contributed by atoms with Gasteiger partial charge in [-0.3, -0.25) is 0 Å². The quantitative estimate of drug-likeness (QED) is 0.894. The summed E-state index contributed by atoms with van der Waals surface area (Å²) in [6, 6.07) is 8.48. The Hall–Kier alpha value is -1.22. The van der Waals surface area contributed by atoms with Crippen LogP contribution in [0.4, 0.5) is 5.69 Å². The Morgan fingerprint density at radius 2 is 2.00 bits per heavy atom. The van der Waals surface area contributed by atoms with E-state index in [0.29, 0.717) is 0 Å². The predicted octanol–water partition coefficient (Wildman–Crippen LogP) is 2.79. The Morgan fingerprint density at radius 1 is 1.33 bits per heavy atom. The molecule has 1 heterocycles. The zero-order valence-electron chi connectivity index (χ0n) is 11.8. The van der Waals surface area contributed by atoms with Crippen molar-refractivity contribution < 1.29 is 4.74 Å². The lowest BCUT2D eigenvalue weighted by atomic mass is 10.00. The van der Waals surface area contributed by atoms with E-state index in [1.165, 1.54) is 0 Å². The molecule has 1 aromatic rings. The monoisotopic (exact) mass is 248 g/mol. The fourth-order valence-corrected chi connectivity index (χ4v) is 2.76. The van der Waals surface area contributed by atoms with Crippen LogP contribution in [0.15, 0.2) is 24.3 Å². The van der Waals surface area contributed by atoms with E-state index in [1.54, 1.807) is 0 Å². The number of ether oxygens (including phenoxy) is 1. The standard InChI is InChI=1S/C15H24N2O/c1-11(2)18-14-8-6-5-7-13(14)17-10-12(16)9-15(17,3)4/h5-8,11-12H,9-10,16H2,1-4H3. The molecular weight excluding hydrogens is 224 g/mol. The van der Waals surface area contributed by atoms with Crippen molar-refractivity contribution in [3.63, 3.8) is 0 Å². The number of nitrogens with zero attached hydrogens (tertiary/aromatic N) is 1. The van der Waals surface area contributed by atoms with Crippen molar-refractivity contribution in [2.75, 3.05) is 11.4 Å². The number of anilines is 1. The number of rotatable bonds is 3. The SMILES string of the molecule is CC(C)Oc1ccccc1N1CC(N)CC1(C)C. The van der Waals surface area contributed by atoms with Crippen LogP contribution in [0, 0.1) is 0 Å². The molecule has 1 fully saturated rings. The molecule has 0 saturated carbocycles. The van der Waals surface area contributed by atoms with E-state index >= 15 is 0 Å². The summed E-state index contributed by atoms with van der Waals surface area (Å²) in [7, 11) is 0. The molecule has 2 rings (SSSR count). The average molecular weight is 248 g/mol. The first kappa shape index (κ1) is 13.2. The maximum absolute atomic E-state index is 6.11. The van der Waals surface area contributed by atoms with Crippen molar-refractivity contribution in [2.45, 2.75) is 51.8 Å². The van der Waals surface area contributed by atoms with Gasteiger partial charge in [-0.05, 0) is 46.2 Å². The molecular formula is C15H24N2O. The first-order valence-electron chi connectivity index (χ1n) is 6.69. The maximum atomic E-state index is 6.11. The van der Waals surface area contributed by atoms with Gasteiger partial charge in [0, 0.05) is 18.1 Å². The summed E-state index contributed by atoms with van der Waals surface area (Å²) in [6.07, 6.45) is 1.20. The van der Waals surface area contributed by atoms with Gasteiger partial charge >= 0.3 is 0 Å². The molecule has 0 spiro atoms. The predicted molar refractivity (Wildman–Crippen MR) is 76.2 cm³/mol. The normalized spacial score (nSPS) is 22.6. The van der Waals surface area contributed by atoms with Crippen molar-refractivity contribution in [2.24, 2.45) is 5.73 Å². The zero-order chi connectivity index (χ0) is 13.3. The number of hydrogen-bond donors (Lipinski definition) is 1. The van der Waals surface area contributed by atoms with Gasteiger partial charge in [-0.25, -0.2) is 0 Å². The summed E-state index contributed by atoms with van der Waals surface area (Å²) in [5.74, 6) is 0.953. The second-order valence-corrected chi connectivity index (χ2v) is 6.02. The molecule has 100 valence electrons. The van der Waals surface area contributed by atoms with E-state index in [4.69, 9.17) is 10.5 Å². The first-order chi connectivity index (χ1) is 8.40. The lowest BCUT2D eigenvalue weighted by Crippen LogP contribution is -2.38. The zero-order valence-corrected chi connectivity index (χ0v) is 11.8. The fraction of sp³-hybridized carbons (Fsp3) is 0.600. The van der Waals surface area contributed by atoms with E-state index in [2.05, 4.69) is 44.7 Å². The van der Waals surface area contributed by atoms with Crippen LogP contribution in [0.3, 0.4) is 0 Å². The minimum Gasteiger partial charge on any atom is -0.489 e.